The van der Waals surface area contributed by atoms with Gasteiger partial charge in [0.1, 0.15) is 0 Å². The average Bonchev–Trinajstić information content (AvgIpc) is 3.21. The Morgan fingerprint density at radius 2 is 2.10 bits per heavy atom. The summed E-state index contributed by atoms with van der Waals surface area (Å²) in [5.74, 6) is 3.75. The van der Waals surface area contributed by atoms with Crippen LogP contribution < -0.4 is 14.8 Å². The third-order valence-corrected chi connectivity index (χ3v) is 5.43. The fourth-order valence-electron chi connectivity index (χ4n) is 4.34. The van der Waals surface area contributed by atoms with Gasteiger partial charge in [0, 0.05) is 11.6 Å². The summed E-state index contributed by atoms with van der Waals surface area (Å²) in [7, 11) is 0. The summed E-state index contributed by atoms with van der Waals surface area (Å²) in [5.41, 5.74) is 0.647. The van der Waals surface area contributed by atoms with Crippen LogP contribution in [-0.4, -0.2) is 18.7 Å². The van der Waals surface area contributed by atoms with E-state index in [2.05, 4.69) is 12.2 Å². The summed E-state index contributed by atoms with van der Waals surface area (Å²) in [4.78, 5) is 12.4. The minimum absolute atomic E-state index is 0.0106. The van der Waals surface area contributed by atoms with E-state index < -0.39 is 0 Å². The lowest BCUT2D eigenvalue weighted by atomic mass is 9.84. The minimum Gasteiger partial charge on any atom is -0.454 e. The molecule has 2 fully saturated rings. The zero-order valence-electron chi connectivity index (χ0n) is 12.3. The Morgan fingerprint density at radius 1 is 1.24 bits per heavy atom. The van der Waals surface area contributed by atoms with Gasteiger partial charge >= 0.3 is 0 Å². The number of amides is 1. The van der Waals surface area contributed by atoms with Gasteiger partial charge in [-0.25, -0.2) is 0 Å². The number of hydrogen-bond acceptors (Lipinski definition) is 3. The maximum absolute atomic E-state index is 12.4. The highest BCUT2D eigenvalue weighted by Gasteiger charge is 2.42. The fourth-order valence-corrected chi connectivity index (χ4v) is 4.34. The topological polar surface area (TPSA) is 47.6 Å². The molecule has 0 spiro atoms. The second-order valence-corrected chi connectivity index (χ2v) is 6.67. The van der Waals surface area contributed by atoms with E-state index in [1.54, 1.807) is 18.2 Å². The SMILES string of the molecule is C[C@@H](NC(=O)c1ccc2c(c1)OCO2)[C@H]1C[C@H]2CC[C@H]1C2. The van der Waals surface area contributed by atoms with Gasteiger partial charge in [-0.05, 0) is 62.1 Å². The van der Waals surface area contributed by atoms with Crippen LogP contribution in [0, 0.1) is 17.8 Å². The van der Waals surface area contributed by atoms with E-state index in [0.717, 1.165) is 11.8 Å². The van der Waals surface area contributed by atoms with Gasteiger partial charge in [0.05, 0.1) is 0 Å². The number of nitrogens with one attached hydrogen (secondary N) is 1. The predicted molar refractivity (Wildman–Crippen MR) is 78.4 cm³/mol. The molecule has 0 saturated heterocycles. The molecule has 1 aliphatic heterocycles. The van der Waals surface area contributed by atoms with Crippen molar-refractivity contribution in [3.05, 3.63) is 23.8 Å². The lowest BCUT2D eigenvalue weighted by molar-refractivity contribution is 0.0915. The molecule has 1 N–H and O–H groups in total. The van der Waals surface area contributed by atoms with Crippen molar-refractivity contribution < 1.29 is 14.3 Å². The summed E-state index contributed by atoms with van der Waals surface area (Å²) in [6.45, 7) is 2.39. The first kappa shape index (κ1) is 13.0. The van der Waals surface area contributed by atoms with Crippen LogP contribution in [0.5, 0.6) is 11.5 Å². The van der Waals surface area contributed by atoms with Crippen LogP contribution in [0.3, 0.4) is 0 Å². The number of rotatable bonds is 3. The zero-order valence-corrected chi connectivity index (χ0v) is 12.3. The predicted octanol–water partition coefficient (Wildman–Crippen LogP) is 2.97. The molecule has 1 amide bonds. The van der Waals surface area contributed by atoms with Crippen molar-refractivity contribution in [3.8, 4) is 11.5 Å². The third kappa shape index (κ3) is 2.27. The van der Waals surface area contributed by atoms with Crippen LogP contribution in [0.4, 0.5) is 0 Å². The molecule has 0 radical (unpaired) electrons. The lowest BCUT2D eigenvalue weighted by Gasteiger charge is -2.28. The van der Waals surface area contributed by atoms with Crippen LogP contribution in [0.15, 0.2) is 18.2 Å². The van der Waals surface area contributed by atoms with Crippen molar-refractivity contribution in [2.75, 3.05) is 6.79 Å². The van der Waals surface area contributed by atoms with Crippen molar-refractivity contribution in [2.24, 2.45) is 17.8 Å². The molecular formula is C17H21NO3. The van der Waals surface area contributed by atoms with Gasteiger partial charge in [-0.2, -0.15) is 0 Å². The molecular weight excluding hydrogens is 266 g/mol. The number of hydrogen-bond donors (Lipinski definition) is 1. The van der Waals surface area contributed by atoms with Crippen LogP contribution in [0.1, 0.15) is 43.0 Å². The summed E-state index contributed by atoms with van der Waals surface area (Å²) in [6, 6.07) is 5.62. The largest absolute Gasteiger partial charge is 0.454 e. The van der Waals surface area contributed by atoms with Crippen molar-refractivity contribution in [1.29, 1.82) is 0 Å². The maximum atomic E-state index is 12.4. The second kappa shape index (κ2) is 4.93. The van der Waals surface area contributed by atoms with Gasteiger partial charge in [0.2, 0.25) is 6.79 Å². The normalized spacial score (nSPS) is 30.4. The van der Waals surface area contributed by atoms with Crippen molar-refractivity contribution in [2.45, 2.75) is 38.6 Å². The van der Waals surface area contributed by atoms with Crippen molar-refractivity contribution in [1.82, 2.24) is 5.32 Å². The first-order valence-electron chi connectivity index (χ1n) is 7.91. The lowest BCUT2D eigenvalue weighted by Crippen LogP contribution is -2.40. The first-order chi connectivity index (χ1) is 10.2. The zero-order chi connectivity index (χ0) is 14.4. The van der Waals surface area contributed by atoms with Crippen molar-refractivity contribution >= 4 is 5.91 Å². The van der Waals surface area contributed by atoms with E-state index in [4.69, 9.17) is 9.47 Å². The molecule has 1 aromatic carbocycles. The van der Waals surface area contributed by atoms with Gasteiger partial charge in [-0.1, -0.05) is 6.42 Å². The Bertz CT molecular complexity index is 571. The molecule has 4 heteroatoms. The molecule has 0 aromatic heterocycles. The Kier molecular flexibility index (Phi) is 3.05. The van der Waals surface area contributed by atoms with Gasteiger partial charge in [0.15, 0.2) is 11.5 Å². The minimum atomic E-state index is -0.0106. The number of carbonyl (C=O) groups excluding carboxylic acids is 1. The quantitative estimate of drug-likeness (QED) is 0.929. The van der Waals surface area contributed by atoms with E-state index in [-0.39, 0.29) is 18.7 Å². The smallest absolute Gasteiger partial charge is 0.251 e. The van der Waals surface area contributed by atoms with Gasteiger partial charge in [0.25, 0.3) is 5.91 Å². The molecule has 3 aliphatic rings. The molecule has 2 saturated carbocycles. The number of fused-ring (bicyclic) bond motifs is 3. The number of ether oxygens (including phenoxy) is 2. The molecule has 1 heterocycles. The van der Waals surface area contributed by atoms with Crippen LogP contribution >= 0.6 is 0 Å². The second-order valence-electron chi connectivity index (χ2n) is 6.67. The van der Waals surface area contributed by atoms with E-state index in [9.17, 15) is 4.79 Å². The average molecular weight is 287 g/mol. The van der Waals surface area contributed by atoms with Crippen LogP contribution in [0.2, 0.25) is 0 Å². The van der Waals surface area contributed by atoms with Crippen LogP contribution in [0.25, 0.3) is 0 Å². The highest BCUT2D eigenvalue weighted by atomic mass is 16.7. The van der Waals surface area contributed by atoms with E-state index in [0.29, 0.717) is 23.0 Å². The molecule has 112 valence electrons. The van der Waals surface area contributed by atoms with E-state index >= 15 is 0 Å². The molecule has 21 heavy (non-hydrogen) atoms. The molecule has 0 unspecified atom stereocenters. The van der Waals surface area contributed by atoms with Gasteiger partial charge in [-0.15, -0.1) is 0 Å². The molecule has 4 nitrogen and oxygen atoms in total. The summed E-state index contributed by atoms with van der Waals surface area (Å²) in [5, 5.41) is 3.18. The Balaban J connectivity index is 1.43. The highest BCUT2D eigenvalue weighted by Crippen LogP contribution is 2.49. The summed E-state index contributed by atoms with van der Waals surface area (Å²) < 4.78 is 10.6. The molecule has 4 atom stereocenters. The molecule has 2 aliphatic carbocycles. The maximum Gasteiger partial charge on any atom is 0.251 e. The molecule has 1 aromatic rings. The number of benzene rings is 1. The third-order valence-electron chi connectivity index (χ3n) is 5.43. The van der Waals surface area contributed by atoms with Crippen molar-refractivity contribution in [3.63, 3.8) is 0 Å². The molecule has 4 rings (SSSR count). The molecule has 2 bridgehead atoms. The first-order valence-corrected chi connectivity index (χ1v) is 7.91. The standard InChI is InChI=1S/C17H21NO3/c1-10(14-7-11-2-3-12(14)6-11)18-17(19)13-4-5-15-16(8-13)21-9-20-15/h4-5,8,10-12,14H,2-3,6-7,9H2,1H3,(H,18,19)/t10-,11+,12+,14-/m1/s1. The summed E-state index contributed by atoms with van der Waals surface area (Å²) in [6.07, 6.45) is 5.39. The highest BCUT2D eigenvalue weighted by molar-refractivity contribution is 5.95. The van der Waals surface area contributed by atoms with E-state index in [1.165, 1.54) is 25.7 Å². The summed E-state index contributed by atoms with van der Waals surface area (Å²) >= 11 is 0. The number of carbonyl (C=O) groups is 1. The van der Waals surface area contributed by atoms with Gasteiger partial charge < -0.3 is 14.8 Å². The monoisotopic (exact) mass is 287 g/mol. The Morgan fingerprint density at radius 3 is 2.86 bits per heavy atom. The van der Waals surface area contributed by atoms with Gasteiger partial charge in [-0.3, -0.25) is 4.79 Å². The Labute approximate surface area is 124 Å². The fraction of sp³-hybridized carbons (Fsp3) is 0.588. The van der Waals surface area contributed by atoms with E-state index in [1.807, 2.05) is 0 Å². The van der Waals surface area contributed by atoms with Crippen LogP contribution in [-0.2, 0) is 0 Å². The Hall–Kier alpha value is -1.71.